The van der Waals surface area contributed by atoms with Crippen LogP contribution in [-0.2, 0) is 15.6 Å². The molecule has 3 N–H and O–H groups in total. The molecule has 0 fully saturated rings. The van der Waals surface area contributed by atoms with Gasteiger partial charge in [0.15, 0.2) is 0 Å². The van der Waals surface area contributed by atoms with Crippen LogP contribution in [0.3, 0.4) is 0 Å². The number of rotatable bonds is 7. The smallest absolute Gasteiger partial charge is 0.239 e. The summed E-state index contributed by atoms with van der Waals surface area (Å²) in [6.07, 6.45) is 1.54. The molecule has 0 aromatic rings. The number of hydrogen-bond donors (Lipinski definition) is 2. The molecule has 0 heterocycles. The number of hydrogen-bond acceptors (Lipinski definition) is 3. The zero-order valence-electron chi connectivity index (χ0n) is 9.84. The highest BCUT2D eigenvalue weighted by atomic mass is 32.2. The summed E-state index contributed by atoms with van der Waals surface area (Å²) in [6.45, 7) is 6.02. The van der Waals surface area contributed by atoms with Gasteiger partial charge in [-0.15, -0.1) is 0 Å². The zero-order valence-corrected chi connectivity index (χ0v) is 10.7. The SMILES string of the molecule is CCCC(C)(N)C(=O)NCCS(=O)CC. The van der Waals surface area contributed by atoms with E-state index in [9.17, 15) is 9.00 Å². The van der Waals surface area contributed by atoms with Gasteiger partial charge < -0.3 is 11.1 Å². The summed E-state index contributed by atoms with van der Waals surface area (Å²) in [4.78, 5) is 11.6. The Balaban J connectivity index is 3.88. The molecule has 90 valence electrons. The third kappa shape index (κ3) is 5.89. The first kappa shape index (κ1) is 14.6. The molecule has 0 radical (unpaired) electrons. The number of carbonyl (C=O) groups excluding carboxylic acids is 1. The molecule has 0 saturated heterocycles. The molecule has 1 amide bonds. The standard InChI is InChI=1S/C10H22N2O2S/c1-4-6-10(3,11)9(13)12-7-8-15(14)5-2/h4-8,11H2,1-3H3,(H,12,13). The minimum Gasteiger partial charge on any atom is -0.354 e. The van der Waals surface area contributed by atoms with Crippen LogP contribution >= 0.6 is 0 Å². The van der Waals surface area contributed by atoms with Crippen molar-refractivity contribution in [2.75, 3.05) is 18.1 Å². The van der Waals surface area contributed by atoms with Gasteiger partial charge in [0.25, 0.3) is 0 Å². The van der Waals surface area contributed by atoms with Gasteiger partial charge in [0.2, 0.25) is 5.91 Å². The van der Waals surface area contributed by atoms with Gasteiger partial charge in [0, 0.05) is 28.9 Å². The highest BCUT2D eigenvalue weighted by Gasteiger charge is 2.26. The third-order valence-electron chi connectivity index (χ3n) is 2.23. The van der Waals surface area contributed by atoms with Crippen molar-refractivity contribution in [2.45, 2.75) is 39.2 Å². The van der Waals surface area contributed by atoms with Gasteiger partial charge in [0.1, 0.15) is 0 Å². The molecule has 0 bridgehead atoms. The van der Waals surface area contributed by atoms with Crippen LogP contribution in [0.4, 0.5) is 0 Å². The Kier molecular flexibility index (Phi) is 6.76. The summed E-state index contributed by atoms with van der Waals surface area (Å²) in [6, 6.07) is 0. The van der Waals surface area contributed by atoms with E-state index in [4.69, 9.17) is 5.73 Å². The maximum atomic E-state index is 11.6. The van der Waals surface area contributed by atoms with Gasteiger partial charge in [-0.1, -0.05) is 20.3 Å². The van der Waals surface area contributed by atoms with Crippen LogP contribution in [0.25, 0.3) is 0 Å². The van der Waals surface area contributed by atoms with Gasteiger partial charge in [-0.25, -0.2) is 0 Å². The molecular formula is C10H22N2O2S. The minimum absolute atomic E-state index is 0.155. The summed E-state index contributed by atoms with van der Waals surface area (Å²) in [5.41, 5.74) is 5.03. The highest BCUT2D eigenvalue weighted by Crippen LogP contribution is 2.07. The second-order valence-electron chi connectivity index (χ2n) is 3.86. The van der Waals surface area contributed by atoms with Crippen LogP contribution in [0.2, 0.25) is 0 Å². The fraction of sp³-hybridized carbons (Fsp3) is 0.900. The molecule has 0 saturated carbocycles. The second-order valence-corrected chi connectivity index (χ2v) is 5.72. The van der Waals surface area contributed by atoms with Crippen LogP contribution < -0.4 is 11.1 Å². The van der Waals surface area contributed by atoms with E-state index < -0.39 is 16.3 Å². The predicted octanol–water partition coefficient (Wildman–Crippen LogP) is 0.389. The van der Waals surface area contributed by atoms with Gasteiger partial charge in [-0.2, -0.15) is 0 Å². The molecule has 0 rings (SSSR count). The molecule has 4 nitrogen and oxygen atoms in total. The molecule has 0 aliphatic carbocycles. The van der Waals surface area contributed by atoms with Crippen LogP contribution in [0.5, 0.6) is 0 Å². The lowest BCUT2D eigenvalue weighted by molar-refractivity contribution is -0.125. The van der Waals surface area contributed by atoms with Crippen molar-refractivity contribution in [1.29, 1.82) is 0 Å². The molecular weight excluding hydrogens is 212 g/mol. The second kappa shape index (κ2) is 6.95. The maximum absolute atomic E-state index is 11.6. The first-order chi connectivity index (χ1) is 6.94. The Morgan fingerprint density at radius 1 is 1.47 bits per heavy atom. The van der Waals surface area contributed by atoms with E-state index >= 15 is 0 Å². The summed E-state index contributed by atoms with van der Waals surface area (Å²) in [7, 11) is -0.829. The summed E-state index contributed by atoms with van der Waals surface area (Å²) in [5.74, 6) is 0.979. The Morgan fingerprint density at radius 2 is 2.07 bits per heavy atom. The van der Waals surface area contributed by atoms with Crippen molar-refractivity contribution >= 4 is 16.7 Å². The fourth-order valence-electron chi connectivity index (χ4n) is 1.26. The molecule has 5 heteroatoms. The van der Waals surface area contributed by atoms with Crippen LogP contribution in [0.1, 0.15) is 33.6 Å². The molecule has 2 atom stereocenters. The minimum atomic E-state index is -0.829. The van der Waals surface area contributed by atoms with E-state index in [1.165, 1.54) is 0 Å². The molecule has 0 spiro atoms. The molecule has 0 aromatic heterocycles. The van der Waals surface area contributed by atoms with Crippen molar-refractivity contribution < 1.29 is 9.00 Å². The Bertz CT molecular complexity index is 229. The Hall–Kier alpha value is -0.420. The van der Waals surface area contributed by atoms with E-state index in [0.717, 1.165) is 6.42 Å². The Morgan fingerprint density at radius 3 is 2.53 bits per heavy atom. The Labute approximate surface area is 94.4 Å². The van der Waals surface area contributed by atoms with Gasteiger partial charge in [-0.05, 0) is 13.3 Å². The fourth-order valence-corrected chi connectivity index (χ4v) is 1.88. The van der Waals surface area contributed by atoms with Crippen molar-refractivity contribution in [3.05, 3.63) is 0 Å². The summed E-state index contributed by atoms with van der Waals surface area (Å²) >= 11 is 0. The van der Waals surface area contributed by atoms with E-state index in [2.05, 4.69) is 5.32 Å². The van der Waals surface area contributed by atoms with Crippen molar-refractivity contribution in [2.24, 2.45) is 5.73 Å². The average molecular weight is 234 g/mol. The molecule has 15 heavy (non-hydrogen) atoms. The van der Waals surface area contributed by atoms with Gasteiger partial charge in [-0.3, -0.25) is 9.00 Å². The first-order valence-corrected chi connectivity index (χ1v) is 6.85. The highest BCUT2D eigenvalue weighted by molar-refractivity contribution is 7.84. The van der Waals surface area contributed by atoms with E-state index in [0.29, 0.717) is 24.5 Å². The van der Waals surface area contributed by atoms with Crippen molar-refractivity contribution in [3.63, 3.8) is 0 Å². The molecule has 0 aliphatic heterocycles. The quantitative estimate of drug-likeness (QED) is 0.669. The monoisotopic (exact) mass is 234 g/mol. The van der Waals surface area contributed by atoms with Crippen LogP contribution in [0, 0.1) is 0 Å². The largest absolute Gasteiger partial charge is 0.354 e. The maximum Gasteiger partial charge on any atom is 0.239 e. The molecule has 0 aromatic carbocycles. The zero-order chi connectivity index (χ0) is 11.9. The average Bonchev–Trinajstić information content (AvgIpc) is 2.17. The first-order valence-electron chi connectivity index (χ1n) is 5.36. The molecule has 2 unspecified atom stereocenters. The molecule has 0 aliphatic rings. The van der Waals surface area contributed by atoms with E-state index in [1.54, 1.807) is 6.92 Å². The number of carbonyl (C=O) groups is 1. The van der Waals surface area contributed by atoms with Gasteiger partial charge in [0.05, 0.1) is 5.54 Å². The topological polar surface area (TPSA) is 72.2 Å². The predicted molar refractivity (Wildman–Crippen MR) is 64.1 cm³/mol. The number of nitrogens with two attached hydrogens (primary N) is 1. The number of amides is 1. The lowest BCUT2D eigenvalue weighted by atomic mass is 9.97. The van der Waals surface area contributed by atoms with Crippen molar-refractivity contribution in [1.82, 2.24) is 5.32 Å². The van der Waals surface area contributed by atoms with E-state index in [1.807, 2.05) is 13.8 Å². The lowest BCUT2D eigenvalue weighted by Crippen LogP contribution is -2.52. The summed E-state index contributed by atoms with van der Waals surface area (Å²) < 4.78 is 11.1. The van der Waals surface area contributed by atoms with Gasteiger partial charge >= 0.3 is 0 Å². The van der Waals surface area contributed by atoms with Crippen LogP contribution in [-0.4, -0.2) is 33.7 Å². The van der Waals surface area contributed by atoms with Crippen molar-refractivity contribution in [3.8, 4) is 0 Å². The lowest BCUT2D eigenvalue weighted by Gasteiger charge is -2.22. The van der Waals surface area contributed by atoms with E-state index in [-0.39, 0.29) is 5.91 Å². The number of nitrogens with one attached hydrogen (secondary N) is 1. The third-order valence-corrected chi connectivity index (χ3v) is 3.53. The van der Waals surface area contributed by atoms with Crippen LogP contribution in [0.15, 0.2) is 0 Å². The summed E-state index contributed by atoms with van der Waals surface area (Å²) in [5, 5.41) is 2.72. The normalized spacial score (nSPS) is 16.8.